The summed E-state index contributed by atoms with van der Waals surface area (Å²) in [7, 11) is 1.90. The van der Waals surface area contributed by atoms with Gasteiger partial charge in [0.25, 0.3) is 0 Å². The minimum absolute atomic E-state index is 0.0897. The average molecular weight is 335 g/mol. The van der Waals surface area contributed by atoms with Crippen LogP contribution in [0.4, 0.5) is 5.69 Å². The molecule has 25 heavy (non-hydrogen) atoms. The van der Waals surface area contributed by atoms with Crippen LogP contribution in [0.5, 0.6) is 0 Å². The van der Waals surface area contributed by atoms with Gasteiger partial charge < -0.3 is 0 Å². The van der Waals surface area contributed by atoms with E-state index in [0.29, 0.717) is 5.82 Å². The molecular weight excluding hydrogens is 314 g/mol. The van der Waals surface area contributed by atoms with Gasteiger partial charge in [-0.3, -0.25) is 14.4 Å². The second-order valence-electron chi connectivity index (χ2n) is 7.24. The third-order valence-corrected chi connectivity index (χ3v) is 5.15. The summed E-state index contributed by atoms with van der Waals surface area (Å²) < 4.78 is 1.79. The third kappa shape index (κ3) is 2.40. The van der Waals surface area contributed by atoms with Gasteiger partial charge >= 0.3 is 0 Å². The highest BCUT2D eigenvalue weighted by atomic mass is 16.2. The third-order valence-electron chi connectivity index (χ3n) is 5.15. The maximum atomic E-state index is 13.1. The molecule has 0 N–H and O–H groups in total. The highest BCUT2D eigenvalue weighted by Crippen LogP contribution is 2.50. The first kappa shape index (κ1) is 15.7. The molecule has 0 saturated carbocycles. The molecule has 4 rings (SSSR count). The highest BCUT2D eigenvalue weighted by molar-refractivity contribution is 6.04. The second kappa shape index (κ2) is 5.37. The van der Waals surface area contributed by atoms with Crippen LogP contribution in [-0.2, 0) is 11.8 Å². The van der Waals surface area contributed by atoms with Crippen molar-refractivity contribution in [2.24, 2.45) is 18.4 Å². The fourth-order valence-electron chi connectivity index (χ4n) is 3.64. The predicted molar refractivity (Wildman–Crippen MR) is 95.4 cm³/mol. The first-order valence-corrected chi connectivity index (χ1v) is 8.43. The molecule has 1 aliphatic carbocycles. The lowest BCUT2D eigenvalue weighted by Crippen LogP contribution is -2.31. The zero-order valence-electron chi connectivity index (χ0n) is 14.9. The van der Waals surface area contributed by atoms with E-state index in [0.717, 1.165) is 29.1 Å². The molecule has 6 nitrogen and oxygen atoms in total. The fraction of sp³-hybridized carbons (Fsp3) is 0.368. The number of hydrogen-bond donors (Lipinski definition) is 0. The zero-order chi connectivity index (χ0) is 17.8. The molecule has 1 atom stereocenters. The number of aryl methyl sites for hydroxylation is 2. The van der Waals surface area contributed by atoms with Crippen LogP contribution < -0.4 is 4.90 Å². The van der Waals surface area contributed by atoms with Crippen molar-refractivity contribution in [2.45, 2.75) is 27.2 Å². The average Bonchev–Trinajstić information content (AvgIpc) is 3.10. The van der Waals surface area contributed by atoms with Crippen molar-refractivity contribution in [3.63, 3.8) is 0 Å². The van der Waals surface area contributed by atoms with E-state index in [2.05, 4.69) is 27.2 Å². The molecule has 6 heteroatoms. The standard InChI is InChI=1S/C19H21N5O/c1-12-20-10-14(11-21-12)24-17-9-13(16-7-8-23(4)22-16)5-6-15(17)19(2,3)18(24)25/h5,7-11,15H,6H2,1-4H3. The first-order chi connectivity index (χ1) is 11.9. The van der Waals surface area contributed by atoms with Crippen LogP contribution in [0.3, 0.4) is 0 Å². The van der Waals surface area contributed by atoms with Crippen molar-refractivity contribution in [1.29, 1.82) is 0 Å². The molecule has 1 aliphatic heterocycles. The van der Waals surface area contributed by atoms with Gasteiger partial charge in [-0.1, -0.05) is 19.9 Å². The number of nitrogens with zero attached hydrogens (tertiary/aromatic N) is 5. The summed E-state index contributed by atoms with van der Waals surface area (Å²) in [6, 6.07) is 1.99. The number of anilines is 1. The van der Waals surface area contributed by atoms with Crippen molar-refractivity contribution in [1.82, 2.24) is 19.7 Å². The number of aromatic nitrogens is 4. The maximum absolute atomic E-state index is 13.1. The molecule has 2 aromatic rings. The Morgan fingerprint density at radius 3 is 2.60 bits per heavy atom. The van der Waals surface area contributed by atoms with E-state index in [9.17, 15) is 4.79 Å². The largest absolute Gasteiger partial charge is 0.281 e. The maximum Gasteiger partial charge on any atom is 0.237 e. The van der Waals surface area contributed by atoms with Gasteiger partial charge in [-0.15, -0.1) is 0 Å². The van der Waals surface area contributed by atoms with Crippen molar-refractivity contribution in [3.8, 4) is 0 Å². The van der Waals surface area contributed by atoms with Crippen molar-refractivity contribution >= 4 is 17.2 Å². The summed E-state index contributed by atoms with van der Waals surface area (Å²) in [4.78, 5) is 23.4. The molecule has 2 aliphatic rings. The van der Waals surface area contributed by atoms with Crippen molar-refractivity contribution in [3.05, 3.63) is 54.0 Å². The van der Waals surface area contributed by atoms with Crippen LogP contribution in [0.25, 0.3) is 5.57 Å². The number of rotatable bonds is 2. The fourth-order valence-corrected chi connectivity index (χ4v) is 3.64. The Morgan fingerprint density at radius 2 is 1.96 bits per heavy atom. The van der Waals surface area contributed by atoms with Crippen LogP contribution in [-0.4, -0.2) is 25.7 Å². The van der Waals surface area contributed by atoms with Crippen molar-refractivity contribution in [2.75, 3.05) is 4.90 Å². The lowest BCUT2D eigenvalue weighted by Gasteiger charge is -2.25. The Labute approximate surface area is 146 Å². The van der Waals surface area contributed by atoms with E-state index < -0.39 is 5.41 Å². The molecule has 1 saturated heterocycles. The SMILES string of the molecule is Cc1ncc(N2C(=O)C(C)(C)C3CC=C(c4ccn(C)n4)C=C32)cn1. The van der Waals surface area contributed by atoms with Gasteiger partial charge in [0.15, 0.2) is 0 Å². The molecule has 1 fully saturated rings. The van der Waals surface area contributed by atoms with Gasteiger partial charge in [-0.05, 0) is 31.1 Å². The quantitative estimate of drug-likeness (QED) is 0.846. The summed E-state index contributed by atoms with van der Waals surface area (Å²) in [5.41, 5.74) is 3.24. The van der Waals surface area contributed by atoms with E-state index in [1.54, 1.807) is 22.0 Å². The van der Waals surface area contributed by atoms with Crippen LogP contribution in [0.1, 0.15) is 31.8 Å². The number of carbonyl (C=O) groups is 1. The molecule has 3 heterocycles. The van der Waals surface area contributed by atoms with Crippen molar-refractivity contribution < 1.29 is 4.79 Å². The van der Waals surface area contributed by atoms with Crippen LogP contribution in [0, 0.1) is 18.3 Å². The van der Waals surface area contributed by atoms with Gasteiger partial charge in [0.2, 0.25) is 5.91 Å². The molecule has 128 valence electrons. The summed E-state index contributed by atoms with van der Waals surface area (Å²) in [6.45, 7) is 5.87. The second-order valence-corrected chi connectivity index (χ2v) is 7.24. The number of carbonyl (C=O) groups excluding carboxylic acids is 1. The van der Waals surface area contributed by atoms with E-state index in [1.165, 1.54) is 0 Å². The minimum atomic E-state index is -0.455. The summed E-state index contributed by atoms with van der Waals surface area (Å²) in [5, 5.41) is 4.49. The molecular formula is C19H21N5O. The number of hydrogen-bond acceptors (Lipinski definition) is 4. The molecule has 0 bridgehead atoms. The van der Waals surface area contributed by atoms with Gasteiger partial charge in [0, 0.05) is 24.9 Å². The molecule has 0 aromatic carbocycles. The Morgan fingerprint density at radius 1 is 1.24 bits per heavy atom. The molecule has 2 aromatic heterocycles. The smallest absolute Gasteiger partial charge is 0.237 e. The van der Waals surface area contributed by atoms with E-state index >= 15 is 0 Å². The number of allylic oxidation sites excluding steroid dienone is 4. The number of amides is 1. The van der Waals surface area contributed by atoms with E-state index in [1.807, 2.05) is 40.1 Å². The minimum Gasteiger partial charge on any atom is -0.281 e. The Kier molecular flexibility index (Phi) is 3.39. The van der Waals surface area contributed by atoms with Crippen LogP contribution >= 0.6 is 0 Å². The van der Waals surface area contributed by atoms with Crippen LogP contribution in [0.2, 0.25) is 0 Å². The molecule has 1 amide bonds. The van der Waals surface area contributed by atoms with Gasteiger partial charge in [-0.25, -0.2) is 9.97 Å². The van der Waals surface area contributed by atoms with Crippen LogP contribution in [0.15, 0.2) is 42.5 Å². The Hall–Kier alpha value is -2.76. The molecule has 0 spiro atoms. The van der Waals surface area contributed by atoms with Gasteiger partial charge in [0.05, 0.1) is 29.2 Å². The highest BCUT2D eigenvalue weighted by Gasteiger charge is 2.51. The van der Waals surface area contributed by atoms with Gasteiger partial charge in [-0.2, -0.15) is 5.10 Å². The zero-order valence-corrected chi connectivity index (χ0v) is 14.9. The predicted octanol–water partition coefficient (Wildman–Crippen LogP) is 2.88. The lowest BCUT2D eigenvalue weighted by atomic mass is 9.76. The summed E-state index contributed by atoms with van der Waals surface area (Å²) >= 11 is 0. The number of fused-ring (bicyclic) bond motifs is 1. The Bertz CT molecular complexity index is 904. The van der Waals surface area contributed by atoms with E-state index in [-0.39, 0.29) is 11.8 Å². The lowest BCUT2D eigenvalue weighted by molar-refractivity contribution is -0.125. The molecule has 1 unspecified atom stereocenters. The molecule has 0 radical (unpaired) electrons. The first-order valence-electron chi connectivity index (χ1n) is 8.43. The summed E-state index contributed by atoms with van der Waals surface area (Å²) in [6.07, 6.45) is 10.5. The normalized spacial score (nSPS) is 21.8. The monoisotopic (exact) mass is 335 g/mol. The Balaban J connectivity index is 1.80. The van der Waals surface area contributed by atoms with Gasteiger partial charge in [0.1, 0.15) is 5.82 Å². The van der Waals surface area contributed by atoms with E-state index in [4.69, 9.17) is 0 Å². The summed E-state index contributed by atoms with van der Waals surface area (Å²) in [5.74, 6) is 0.929. The topological polar surface area (TPSA) is 63.9 Å².